The van der Waals surface area contributed by atoms with Crippen LogP contribution in [0.3, 0.4) is 0 Å². The predicted molar refractivity (Wildman–Crippen MR) is 107 cm³/mol. The SMILES string of the molecule is COc1ccc(CCc2cc(OC)c(OC(=O)C(C)C)c(OC)c2)cc1OC. The van der Waals surface area contributed by atoms with Gasteiger partial charge in [-0.25, -0.2) is 0 Å². The Morgan fingerprint density at radius 2 is 1.25 bits per heavy atom. The van der Waals surface area contributed by atoms with Gasteiger partial charge in [0.25, 0.3) is 0 Å². The molecule has 0 aliphatic rings. The molecule has 0 unspecified atom stereocenters. The first kappa shape index (κ1) is 21.4. The van der Waals surface area contributed by atoms with Crippen LogP contribution in [0, 0.1) is 5.92 Å². The molecule has 152 valence electrons. The van der Waals surface area contributed by atoms with Crippen LogP contribution in [0.15, 0.2) is 30.3 Å². The summed E-state index contributed by atoms with van der Waals surface area (Å²) in [4.78, 5) is 12.0. The van der Waals surface area contributed by atoms with Crippen LogP contribution in [-0.4, -0.2) is 34.4 Å². The summed E-state index contributed by atoms with van der Waals surface area (Å²) in [5.41, 5.74) is 2.12. The monoisotopic (exact) mass is 388 g/mol. The van der Waals surface area contributed by atoms with Crippen molar-refractivity contribution in [2.45, 2.75) is 26.7 Å². The fraction of sp³-hybridized carbons (Fsp3) is 0.409. The third-order valence-electron chi connectivity index (χ3n) is 4.34. The van der Waals surface area contributed by atoms with Gasteiger partial charge in [0, 0.05) is 0 Å². The van der Waals surface area contributed by atoms with Gasteiger partial charge in [0.05, 0.1) is 34.4 Å². The minimum atomic E-state index is -0.338. The summed E-state index contributed by atoms with van der Waals surface area (Å²) in [6.45, 7) is 3.55. The number of aryl methyl sites for hydroxylation is 2. The molecule has 2 aromatic rings. The maximum atomic E-state index is 12.0. The van der Waals surface area contributed by atoms with Crippen LogP contribution in [-0.2, 0) is 17.6 Å². The average Bonchev–Trinajstić information content (AvgIpc) is 2.71. The van der Waals surface area contributed by atoms with E-state index in [0.29, 0.717) is 28.7 Å². The van der Waals surface area contributed by atoms with Crippen molar-refractivity contribution in [2.24, 2.45) is 5.92 Å². The number of methoxy groups -OCH3 is 4. The van der Waals surface area contributed by atoms with Gasteiger partial charge >= 0.3 is 5.97 Å². The molecule has 0 saturated heterocycles. The number of rotatable bonds is 9. The first-order chi connectivity index (χ1) is 13.4. The minimum Gasteiger partial charge on any atom is -0.493 e. The van der Waals surface area contributed by atoms with Crippen LogP contribution < -0.4 is 23.7 Å². The fourth-order valence-electron chi connectivity index (χ4n) is 2.72. The van der Waals surface area contributed by atoms with Gasteiger partial charge in [0.2, 0.25) is 5.75 Å². The molecule has 0 bridgehead atoms. The summed E-state index contributed by atoms with van der Waals surface area (Å²) in [6, 6.07) is 9.60. The van der Waals surface area contributed by atoms with E-state index in [1.807, 2.05) is 30.3 Å². The van der Waals surface area contributed by atoms with Crippen LogP contribution in [0.4, 0.5) is 0 Å². The molecular weight excluding hydrogens is 360 g/mol. The van der Waals surface area contributed by atoms with Crippen molar-refractivity contribution in [3.8, 4) is 28.7 Å². The molecule has 0 aliphatic heterocycles. The number of hydrogen-bond donors (Lipinski definition) is 0. The van der Waals surface area contributed by atoms with Gasteiger partial charge in [-0.1, -0.05) is 19.9 Å². The van der Waals surface area contributed by atoms with Crippen molar-refractivity contribution >= 4 is 5.97 Å². The molecule has 6 heteroatoms. The molecule has 0 heterocycles. The Morgan fingerprint density at radius 1 is 0.750 bits per heavy atom. The first-order valence-corrected chi connectivity index (χ1v) is 9.11. The Labute approximate surface area is 166 Å². The maximum Gasteiger partial charge on any atom is 0.314 e. The van der Waals surface area contributed by atoms with Crippen LogP contribution in [0.2, 0.25) is 0 Å². The van der Waals surface area contributed by atoms with Crippen LogP contribution in [0.25, 0.3) is 0 Å². The molecule has 6 nitrogen and oxygen atoms in total. The summed E-state index contributed by atoms with van der Waals surface area (Å²) in [5.74, 6) is 2.05. The molecule has 2 aromatic carbocycles. The summed E-state index contributed by atoms with van der Waals surface area (Å²) in [7, 11) is 6.32. The van der Waals surface area contributed by atoms with Gasteiger partial charge in [-0.15, -0.1) is 0 Å². The van der Waals surface area contributed by atoms with Gasteiger partial charge in [-0.2, -0.15) is 0 Å². The number of hydrogen-bond acceptors (Lipinski definition) is 6. The van der Waals surface area contributed by atoms with Gasteiger partial charge in [-0.3, -0.25) is 4.79 Å². The minimum absolute atomic E-state index is 0.251. The average molecular weight is 388 g/mol. The smallest absolute Gasteiger partial charge is 0.314 e. The number of ether oxygens (including phenoxy) is 5. The standard InChI is InChI=1S/C22H28O6/c1-14(2)22(23)28-21-19(26-5)12-16(13-20(21)27-6)8-7-15-9-10-17(24-3)18(11-15)25-4/h9-14H,7-8H2,1-6H3. The highest BCUT2D eigenvalue weighted by Gasteiger charge is 2.19. The van der Waals surface area contributed by atoms with Crippen molar-refractivity contribution in [3.05, 3.63) is 41.5 Å². The molecule has 2 rings (SSSR count). The highest BCUT2D eigenvalue weighted by molar-refractivity contribution is 5.76. The number of benzene rings is 2. The number of esters is 1. The fourth-order valence-corrected chi connectivity index (χ4v) is 2.72. The van der Waals surface area contributed by atoms with Crippen LogP contribution in [0.5, 0.6) is 28.7 Å². The zero-order chi connectivity index (χ0) is 20.7. The second kappa shape index (κ2) is 9.88. The molecule has 0 aromatic heterocycles. The molecule has 0 N–H and O–H groups in total. The molecule has 0 radical (unpaired) electrons. The lowest BCUT2D eigenvalue weighted by molar-refractivity contribution is -0.138. The molecule has 0 spiro atoms. The lowest BCUT2D eigenvalue weighted by Crippen LogP contribution is -2.16. The summed E-state index contributed by atoms with van der Waals surface area (Å²) < 4.78 is 27.0. The zero-order valence-electron chi connectivity index (χ0n) is 17.3. The van der Waals surface area contributed by atoms with Gasteiger partial charge in [-0.05, 0) is 48.2 Å². The Balaban J connectivity index is 2.23. The second-order valence-corrected chi connectivity index (χ2v) is 6.59. The topological polar surface area (TPSA) is 63.2 Å². The summed E-state index contributed by atoms with van der Waals surface area (Å²) >= 11 is 0. The van der Waals surface area contributed by atoms with E-state index in [1.165, 1.54) is 0 Å². The lowest BCUT2D eigenvalue weighted by atomic mass is 10.0. The van der Waals surface area contributed by atoms with Gasteiger partial charge in [0.1, 0.15) is 0 Å². The lowest BCUT2D eigenvalue weighted by Gasteiger charge is -2.16. The highest BCUT2D eigenvalue weighted by Crippen LogP contribution is 2.39. The Kier molecular flexibility index (Phi) is 7.55. The van der Waals surface area contributed by atoms with Crippen molar-refractivity contribution in [3.63, 3.8) is 0 Å². The van der Waals surface area contributed by atoms with E-state index in [0.717, 1.165) is 24.0 Å². The Hall–Kier alpha value is -2.89. The summed E-state index contributed by atoms with van der Waals surface area (Å²) in [6.07, 6.45) is 1.54. The van der Waals surface area contributed by atoms with Crippen LogP contribution >= 0.6 is 0 Å². The zero-order valence-corrected chi connectivity index (χ0v) is 17.3. The Bertz CT molecular complexity index is 788. The van der Waals surface area contributed by atoms with E-state index in [2.05, 4.69) is 0 Å². The van der Waals surface area contributed by atoms with Crippen molar-refractivity contribution < 1.29 is 28.5 Å². The van der Waals surface area contributed by atoms with E-state index in [4.69, 9.17) is 23.7 Å². The number of carbonyl (C=O) groups excluding carboxylic acids is 1. The maximum absolute atomic E-state index is 12.0. The third kappa shape index (κ3) is 5.09. The summed E-state index contributed by atoms with van der Waals surface area (Å²) in [5, 5.41) is 0. The molecule has 0 aliphatic carbocycles. The van der Waals surface area contributed by atoms with Crippen molar-refractivity contribution in [1.29, 1.82) is 0 Å². The van der Waals surface area contributed by atoms with E-state index >= 15 is 0 Å². The predicted octanol–water partition coefficient (Wildman–Crippen LogP) is 4.07. The van der Waals surface area contributed by atoms with E-state index in [9.17, 15) is 4.79 Å². The highest BCUT2D eigenvalue weighted by atomic mass is 16.6. The third-order valence-corrected chi connectivity index (χ3v) is 4.34. The molecule has 0 saturated carbocycles. The Morgan fingerprint density at radius 3 is 1.75 bits per heavy atom. The molecule has 0 fully saturated rings. The molecule has 0 atom stereocenters. The molecular formula is C22H28O6. The number of carbonyl (C=O) groups is 1. The molecule has 28 heavy (non-hydrogen) atoms. The van der Waals surface area contributed by atoms with Crippen molar-refractivity contribution in [1.82, 2.24) is 0 Å². The second-order valence-electron chi connectivity index (χ2n) is 6.59. The van der Waals surface area contributed by atoms with Crippen LogP contribution in [0.1, 0.15) is 25.0 Å². The van der Waals surface area contributed by atoms with E-state index < -0.39 is 0 Å². The molecule has 0 amide bonds. The quantitative estimate of drug-likeness (QED) is 0.477. The van der Waals surface area contributed by atoms with Crippen molar-refractivity contribution in [2.75, 3.05) is 28.4 Å². The normalized spacial score (nSPS) is 10.5. The van der Waals surface area contributed by atoms with Gasteiger partial charge in [0.15, 0.2) is 23.0 Å². The first-order valence-electron chi connectivity index (χ1n) is 9.11. The van der Waals surface area contributed by atoms with E-state index in [-0.39, 0.29) is 11.9 Å². The van der Waals surface area contributed by atoms with Gasteiger partial charge < -0.3 is 23.7 Å². The van der Waals surface area contributed by atoms with E-state index in [1.54, 1.807) is 42.3 Å². The largest absolute Gasteiger partial charge is 0.493 e.